The monoisotopic (exact) mass is 326 g/mol. The van der Waals surface area contributed by atoms with Crippen molar-refractivity contribution in [3.63, 3.8) is 0 Å². The van der Waals surface area contributed by atoms with E-state index < -0.39 is 12.1 Å². The highest BCUT2D eigenvalue weighted by molar-refractivity contribution is 7.13. The Morgan fingerprint density at radius 3 is 3.05 bits per heavy atom. The van der Waals surface area contributed by atoms with Crippen LogP contribution in [0.25, 0.3) is 0 Å². The number of anilines is 1. The van der Waals surface area contributed by atoms with E-state index in [0.717, 1.165) is 31.4 Å². The highest BCUT2D eigenvalue weighted by Gasteiger charge is 2.32. The lowest BCUT2D eigenvalue weighted by molar-refractivity contribution is -0.126. The third-order valence-electron chi connectivity index (χ3n) is 3.69. The average Bonchev–Trinajstić information content (AvgIpc) is 2.96. The summed E-state index contributed by atoms with van der Waals surface area (Å²) in [4.78, 5) is 29.6. The molecule has 0 spiro atoms. The number of carbonyl (C=O) groups excluding carboxylic acids is 2. The molecule has 7 nitrogen and oxygen atoms in total. The summed E-state index contributed by atoms with van der Waals surface area (Å²) in [6.07, 6.45) is 3.68. The number of likely N-dealkylation sites (tertiary alicyclic amines) is 1. The second-order valence-corrected chi connectivity index (χ2v) is 6.14. The van der Waals surface area contributed by atoms with Crippen molar-refractivity contribution >= 4 is 28.5 Å². The molecule has 0 aromatic carbocycles. The highest BCUT2D eigenvalue weighted by atomic mass is 32.1. The van der Waals surface area contributed by atoms with E-state index in [1.807, 2.05) is 5.38 Å². The van der Waals surface area contributed by atoms with Gasteiger partial charge in [-0.2, -0.15) is 0 Å². The Labute approximate surface area is 133 Å². The number of hydrogen-bond acceptors (Lipinski definition) is 6. The SMILES string of the molecule is COC(=O)N1CCCCC1C(=O)NCCCc1csc(N)n1. The van der Waals surface area contributed by atoms with Crippen molar-refractivity contribution in [2.24, 2.45) is 0 Å². The standard InChI is InChI=1S/C14H22N4O3S/c1-21-14(20)18-8-3-2-6-11(18)12(19)16-7-4-5-10-9-22-13(15)17-10/h9,11H,2-8H2,1H3,(H2,15,17)(H,16,19). The summed E-state index contributed by atoms with van der Waals surface area (Å²) in [6, 6.07) is -0.420. The van der Waals surface area contributed by atoms with Crippen LogP contribution in [0, 0.1) is 0 Å². The third kappa shape index (κ3) is 4.33. The molecule has 0 bridgehead atoms. The van der Waals surface area contributed by atoms with Gasteiger partial charge in [0.25, 0.3) is 0 Å². The number of hydrogen-bond donors (Lipinski definition) is 2. The van der Waals surface area contributed by atoms with E-state index in [1.54, 1.807) is 0 Å². The molecule has 1 aliphatic rings. The molecule has 1 aromatic heterocycles. The summed E-state index contributed by atoms with van der Waals surface area (Å²) in [5.74, 6) is -0.108. The predicted octanol–water partition coefficient (Wildman–Crippen LogP) is 1.39. The van der Waals surface area contributed by atoms with Crippen molar-refractivity contribution in [3.05, 3.63) is 11.1 Å². The Morgan fingerprint density at radius 2 is 2.36 bits per heavy atom. The Hall–Kier alpha value is -1.83. The molecule has 2 amide bonds. The van der Waals surface area contributed by atoms with Crippen molar-refractivity contribution in [2.45, 2.75) is 38.1 Å². The van der Waals surface area contributed by atoms with Gasteiger partial charge in [-0.05, 0) is 32.1 Å². The fourth-order valence-corrected chi connectivity index (χ4v) is 3.17. The van der Waals surface area contributed by atoms with Crippen LogP contribution in [0.2, 0.25) is 0 Å². The number of nitrogens with one attached hydrogen (secondary N) is 1. The number of aromatic nitrogens is 1. The molecule has 1 saturated heterocycles. The number of nitrogens with zero attached hydrogens (tertiary/aromatic N) is 2. The smallest absolute Gasteiger partial charge is 0.410 e. The molecule has 1 fully saturated rings. The zero-order chi connectivity index (χ0) is 15.9. The van der Waals surface area contributed by atoms with Crippen LogP contribution in [0.1, 0.15) is 31.4 Å². The molecule has 1 unspecified atom stereocenters. The lowest BCUT2D eigenvalue weighted by Gasteiger charge is -2.33. The predicted molar refractivity (Wildman–Crippen MR) is 84.6 cm³/mol. The molecule has 3 N–H and O–H groups in total. The normalized spacial score (nSPS) is 18.0. The molecule has 1 atom stereocenters. The number of rotatable bonds is 5. The van der Waals surface area contributed by atoms with Crippen LogP contribution in [0.4, 0.5) is 9.93 Å². The number of nitrogens with two attached hydrogens (primary N) is 1. The zero-order valence-corrected chi connectivity index (χ0v) is 13.5. The Balaban J connectivity index is 1.76. The van der Waals surface area contributed by atoms with E-state index in [4.69, 9.17) is 10.5 Å². The first-order chi connectivity index (χ1) is 10.6. The fourth-order valence-electron chi connectivity index (χ4n) is 2.58. The van der Waals surface area contributed by atoms with E-state index >= 15 is 0 Å². The van der Waals surface area contributed by atoms with Gasteiger partial charge in [0, 0.05) is 18.5 Å². The van der Waals surface area contributed by atoms with E-state index in [1.165, 1.54) is 23.3 Å². The lowest BCUT2D eigenvalue weighted by atomic mass is 10.0. The lowest BCUT2D eigenvalue weighted by Crippen LogP contribution is -2.52. The minimum atomic E-state index is -0.433. The number of amides is 2. The van der Waals surface area contributed by atoms with Crippen LogP contribution in [0.3, 0.4) is 0 Å². The van der Waals surface area contributed by atoms with Gasteiger partial charge >= 0.3 is 6.09 Å². The maximum atomic E-state index is 12.3. The first-order valence-corrected chi connectivity index (χ1v) is 8.32. The molecule has 1 aliphatic heterocycles. The highest BCUT2D eigenvalue weighted by Crippen LogP contribution is 2.18. The van der Waals surface area contributed by atoms with Gasteiger partial charge in [0.1, 0.15) is 6.04 Å². The Bertz CT molecular complexity index is 520. The van der Waals surface area contributed by atoms with Gasteiger partial charge in [-0.25, -0.2) is 9.78 Å². The van der Waals surface area contributed by atoms with E-state index in [-0.39, 0.29) is 5.91 Å². The minimum Gasteiger partial charge on any atom is -0.453 e. The first-order valence-electron chi connectivity index (χ1n) is 7.44. The van der Waals surface area contributed by atoms with Crippen molar-refractivity contribution in [1.82, 2.24) is 15.2 Å². The largest absolute Gasteiger partial charge is 0.453 e. The molecule has 122 valence electrons. The van der Waals surface area contributed by atoms with Crippen LogP contribution >= 0.6 is 11.3 Å². The minimum absolute atomic E-state index is 0.108. The summed E-state index contributed by atoms with van der Waals surface area (Å²) < 4.78 is 4.74. The Morgan fingerprint density at radius 1 is 1.55 bits per heavy atom. The molecular weight excluding hydrogens is 304 g/mol. The molecule has 0 radical (unpaired) electrons. The number of carbonyl (C=O) groups is 2. The summed E-state index contributed by atoms with van der Waals surface area (Å²) in [5.41, 5.74) is 6.52. The quantitative estimate of drug-likeness (QED) is 0.797. The van der Waals surface area contributed by atoms with Crippen LogP contribution in [-0.4, -0.2) is 48.1 Å². The van der Waals surface area contributed by atoms with Gasteiger partial charge in [0.15, 0.2) is 5.13 Å². The first kappa shape index (κ1) is 16.5. The van der Waals surface area contributed by atoms with Crippen LogP contribution in [0.5, 0.6) is 0 Å². The summed E-state index contributed by atoms with van der Waals surface area (Å²) in [7, 11) is 1.34. The summed E-state index contributed by atoms with van der Waals surface area (Å²) in [6.45, 7) is 1.13. The maximum absolute atomic E-state index is 12.3. The number of aryl methyl sites for hydroxylation is 1. The van der Waals surface area contributed by atoms with Crippen molar-refractivity contribution in [2.75, 3.05) is 25.9 Å². The van der Waals surface area contributed by atoms with Gasteiger partial charge in [-0.3, -0.25) is 9.69 Å². The van der Waals surface area contributed by atoms with Crippen molar-refractivity contribution < 1.29 is 14.3 Å². The average molecular weight is 326 g/mol. The molecule has 2 rings (SSSR count). The van der Waals surface area contributed by atoms with Gasteiger partial charge < -0.3 is 15.8 Å². The number of nitrogen functional groups attached to an aromatic ring is 1. The zero-order valence-electron chi connectivity index (χ0n) is 12.7. The van der Waals surface area contributed by atoms with E-state index in [2.05, 4.69) is 10.3 Å². The fraction of sp³-hybridized carbons (Fsp3) is 0.643. The maximum Gasteiger partial charge on any atom is 0.410 e. The second kappa shape index (κ2) is 7.98. The molecule has 1 aromatic rings. The van der Waals surface area contributed by atoms with Crippen LogP contribution < -0.4 is 11.1 Å². The second-order valence-electron chi connectivity index (χ2n) is 5.25. The third-order valence-corrected chi connectivity index (χ3v) is 4.42. The molecular formula is C14H22N4O3S. The number of thiazole rings is 1. The molecule has 0 aliphatic carbocycles. The topological polar surface area (TPSA) is 97.5 Å². The number of ether oxygens (including phenoxy) is 1. The molecule has 2 heterocycles. The van der Waals surface area contributed by atoms with Gasteiger partial charge in [-0.15, -0.1) is 11.3 Å². The molecule has 22 heavy (non-hydrogen) atoms. The van der Waals surface area contributed by atoms with Gasteiger partial charge in [0.2, 0.25) is 5.91 Å². The molecule has 8 heteroatoms. The van der Waals surface area contributed by atoms with Gasteiger partial charge in [-0.1, -0.05) is 0 Å². The van der Waals surface area contributed by atoms with Gasteiger partial charge in [0.05, 0.1) is 12.8 Å². The van der Waals surface area contributed by atoms with Crippen LogP contribution in [-0.2, 0) is 16.0 Å². The van der Waals surface area contributed by atoms with E-state index in [9.17, 15) is 9.59 Å². The Kier molecular flexibility index (Phi) is 6.00. The summed E-state index contributed by atoms with van der Waals surface area (Å²) in [5, 5.41) is 5.39. The molecule has 0 saturated carbocycles. The van der Waals surface area contributed by atoms with Crippen molar-refractivity contribution in [3.8, 4) is 0 Å². The van der Waals surface area contributed by atoms with Crippen LogP contribution in [0.15, 0.2) is 5.38 Å². The number of methoxy groups -OCH3 is 1. The van der Waals surface area contributed by atoms with E-state index in [0.29, 0.717) is 24.6 Å². The van der Waals surface area contributed by atoms with Crippen molar-refractivity contribution in [1.29, 1.82) is 0 Å². The summed E-state index contributed by atoms with van der Waals surface area (Å²) >= 11 is 1.42. The number of piperidine rings is 1.